The molecular weight excluding hydrogens is 539 g/mol. The van der Waals surface area contributed by atoms with Gasteiger partial charge in [-0.1, -0.05) is 18.2 Å². The largest absolute Gasteiger partial charge is 0.490 e. The van der Waals surface area contributed by atoms with Gasteiger partial charge in [-0.15, -0.1) is 11.3 Å². The maximum atomic E-state index is 12.8. The number of hydrogen-bond acceptors (Lipinski definition) is 9. The van der Waals surface area contributed by atoms with Crippen LogP contribution in [0, 0.1) is 0 Å². The molecule has 1 aromatic heterocycles. The molecule has 0 amide bonds. The lowest BCUT2D eigenvalue weighted by atomic mass is 10.0. The molecule has 2 aliphatic rings. The molecule has 4 rings (SSSR count). The zero-order chi connectivity index (χ0) is 28.3. The van der Waals surface area contributed by atoms with E-state index in [-0.39, 0.29) is 35.3 Å². The van der Waals surface area contributed by atoms with Crippen LogP contribution in [0.1, 0.15) is 54.4 Å². The van der Waals surface area contributed by atoms with Crippen molar-refractivity contribution in [2.75, 3.05) is 13.2 Å². The van der Waals surface area contributed by atoms with Gasteiger partial charge >= 0.3 is 24.1 Å². The summed E-state index contributed by atoms with van der Waals surface area (Å²) in [6.45, 7) is 0.763. The topological polar surface area (TPSA) is 177 Å². The highest BCUT2D eigenvalue weighted by atomic mass is 32.1. The second-order valence-electron chi connectivity index (χ2n) is 8.09. The summed E-state index contributed by atoms with van der Waals surface area (Å²) in [5.74, 6) is -6.02. The van der Waals surface area contributed by atoms with Gasteiger partial charge in [0.15, 0.2) is 18.2 Å². The van der Waals surface area contributed by atoms with Gasteiger partial charge in [0.05, 0.1) is 4.88 Å². The molecule has 15 heteroatoms. The van der Waals surface area contributed by atoms with Crippen molar-refractivity contribution in [3.63, 3.8) is 0 Å². The maximum Gasteiger partial charge on any atom is 0.490 e. The molecule has 0 saturated carbocycles. The van der Waals surface area contributed by atoms with Gasteiger partial charge in [-0.2, -0.15) is 13.2 Å². The average Bonchev–Trinajstić information content (AvgIpc) is 3.30. The zero-order valence-electron chi connectivity index (χ0n) is 19.3. The summed E-state index contributed by atoms with van der Waals surface area (Å²) in [5.41, 5.74) is -0.415. The summed E-state index contributed by atoms with van der Waals surface area (Å²) in [4.78, 5) is 68.0. The van der Waals surface area contributed by atoms with E-state index < -0.39 is 42.1 Å². The minimum absolute atomic E-state index is 0.00572. The number of hydrogen-bond donors (Lipinski definition) is 4. The van der Waals surface area contributed by atoms with Gasteiger partial charge in [-0.25, -0.2) is 24.2 Å². The lowest BCUT2D eigenvalue weighted by Gasteiger charge is -2.11. The van der Waals surface area contributed by atoms with Crippen molar-refractivity contribution in [1.29, 1.82) is 0 Å². The van der Waals surface area contributed by atoms with Crippen LogP contribution >= 0.6 is 11.3 Å². The van der Waals surface area contributed by atoms with Crippen LogP contribution in [0.15, 0.2) is 24.3 Å². The number of carbonyl (C=O) groups is 5. The maximum absolute atomic E-state index is 12.8. The Bertz CT molecular complexity index is 1270. The molecule has 0 fully saturated rings. The molecule has 2 aromatic rings. The van der Waals surface area contributed by atoms with E-state index in [1.807, 2.05) is 6.07 Å². The van der Waals surface area contributed by atoms with E-state index in [1.54, 1.807) is 0 Å². The van der Waals surface area contributed by atoms with E-state index in [1.165, 1.54) is 34.4 Å². The summed E-state index contributed by atoms with van der Waals surface area (Å²) in [7, 11) is 0. The van der Waals surface area contributed by atoms with Crippen LogP contribution in [0.5, 0.6) is 0 Å². The Morgan fingerprint density at radius 1 is 1.05 bits per heavy atom. The first-order chi connectivity index (χ1) is 17.8. The normalized spacial score (nSPS) is 17.3. The van der Waals surface area contributed by atoms with Crippen LogP contribution in [-0.4, -0.2) is 64.1 Å². The fourth-order valence-corrected chi connectivity index (χ4v) is 4.91. The molecule has 0 spiro atoms. The molecule has 0 bridgehead atoms. The number of fused-ring (bicyclic) bond motifs is 2. The third kappa shape index (κ3) is 6.24. The Hall–Kier alpha value is -3.66. The summed E-state index contributed by atoms with van der Waals surface area (Å²) >= 11 is 1.46. The van der Waals surface area contributed by atoms with Gasteiger partial charge in [0, 0.05) is 47.5 Å². The Morgan fingerprint density at radius 2 is 1.71 bits per heavy atom. The van der Waals surface area contributed by atoms with Crippen molar-refractivity contribution < 1.29 is 62.2 Å². The molecule has 1 atom stereocenters. The second kappa shape index (κ2) is 11.4. The van der Waals surface area contributed by atoms with Crippen molar-refractivity contribution in [1.82, 2.24) is 5.32 Å². The highest BCUT2D eigenvalue weighted by Gasteiger charge is 2.63. The number of carboxylic acids is 3. The summed E-state index contributed by atoms with van der Waals surface area (Å²) in [5, 5.41) is 28.7. The first-order valence-corrected chi connectivity index (χ1v) is 11.7. The number of halogens is 3. The van der Waals surface area contributed by atoms with E-state index in [9.17, 15) is 37.5 Å². The van der Waals surface area contributed by atoms with Crippen molar-refractivity contribution in [3.8, 4) is 0 Å². The third-order valence-corrected chi connectivity index (χ3v) is 6.82. The molecule has 0 radical (unpaired) electrons. The standard InChI is InChI=1S/C21H19NO8S.C2HF3O2/c23-14(4-5-15(24)17-8-11-9-22-7-6-16(11)31-17)12-2-1-3-13-19(12)21(13,20(27)28)30-29-10-18(25)26;3-2(4,5)1(6)7/h1-3,8,22H,4-7,9-10H2,(H,25,26)(H,27,28);(H,6,7). The van der Waals surface area contributed by atoms with Gasteiger partial charge in [0.2, 0.25) is 0 Å². The van der Waals surface area contributed by atoms with Crippen LogP contribution in [0.25, 0.3) is 0 Å². The van der Waals surface area contributed by atoms with Crippen LogP contribution in [0.3, 0.4) is 0 Å². The quantitative estimate of drug-likeness (QED) is 0.191. The minimum Gasteiger partial charge on any atom is -0.479 e. The third-order valence-electron chi connectivity index (χ3n) is 5.54. The molecule has 1 aliphatic heterocycles. The molecule has 4 N–H and O–H groups in total. The van der Waals surface area contributed by atoms with Crippen molar-refractivity contribution in [2.24, 2.45) is 0 Å². The van der Waals surface area contributed by atoms with Crippen LogP contribution in [-0.2, 0) is 42.7 Å². The Balaban J connectivity index is 0.000000505. The first kappa shape index (κ1) is 28.9. The fourth-order valence-electron chi connectivity index (χ4n) is 3.76. The molecule has 2 heterocycles. The van der Waals surface area contributed by atoms with Crippen LogP contribution in [0.2, 0.25) is 0 Å². The van der Waals surface area contributed by atoms with E-state index >= 15 is 0 Å². The van der Waals surface area contributed by atoms with E-state index in [0.717, 1.165) is 25.1 Å². The first-order valence-electron chi connectivity index (χ1n) is 10.9. The molecule has 0 saturated heterocycles. The number of alkyl halides is 3. The summed E-state index contributed by atoms with van der Waals surface area (Å²) in [6.07, 6.45) is -4.28. The zero-order valence-corrected chi connectivity index (χ0v) is 20.1. The number of carbonyl (C=O) groups excluding carboxylic acids is 2. The summed E-state index contributed by atoms with van der Waals surface area (Å²) in [6, 6.07) is 6.32. The molecule has 11 nitrogen and oxygen atoms in total. The highest BCUT2D eigenvalue weighted by Crippen LogP contribution is 2.53. The Kier molecular flexibility index (Phi) is 8.66. The molecule has 1 aliphatic carbocycles. The lowest BCUT2D eigenvalue weighted by Crippen LogP contribution is -2.27. The Morgan fingerprint density at radius 3 is 2.29 bits per heavy atom. The van der Waals surface area contributed by atoms with E-state index in [0.29, 0.717) is 4.88 Å². The number of thiophene rings is 1. The number of carboxylic acid groups (broad SMARTS) is 3. The second-order valence-corrected chi connectivity index (χ2v) is 9.23. The Labute approximate surface area is 215 Å². The smallest absolute Gasteiger partial charge is 0.479 e. The van der Waals surface area contributed by atoms with Gasteiger partial charge in [0.25, 0.3) is 5.60 Å². The number of nitrogens with one attached hydrogen (secondary N) is 1. The number of rotatable bonds is 10. The molecule has 1 unspecified atom stereocenters. The number of Topliss-reactive ketones (excluding diaryl/α,β-unsaturated/α-hetero) is 2. The SMILES string of the molecule is O=C(O)C(F)(F)F.O=C(O)COOC1(C(=O)O)c2cccc(C(=O)CCC(=O)c3cc4c(s3)CCNC4)c21. The van der Waals surface area contributed by atoms with Gasteiger partial charge in [-0.05, 0) is 18.1 Å². The summed E-state index contributed by atoms with van der Waals surface area (Å²) < 4.78 is 31.7. The number of ketones is 2. The average molecular weight is 559 g/mol. The highest BCUT2D eigenvalue weighted by molar-refractivity contribution is 7.14. The van der Waals surface area contributed by atoms with Gasteiger partial charge in [-0.3, -0.25) is 9.59 Å². The predicted molar refractivity (Wildman–Crippen MR) is 121 cm³/mol. The number of benzene rings is 1. The van der Waals surface area contributed by atoms with E-state index in [4.69, 9.17) is 19.9 Å². The lowest BCUT2D eigenvalue weighted by molar-refractivity contribution is -0.333. The van der Waals surface area contributed by atoms with Crippen molar-refractivity contribution in [3.05, 3.63) is 56.3 Å². The number of aliphatic carboxylic acids is 3. The van der Waals surface area contributed by atoms with Crippen molar-refractivity contribution >= 4 is 40.8 Å². The molecule has 204 valence electrons. The van der Waals surface area contributed by atoms with Gasteiger partial charge in [0.1, 0.15) is 0 Å². The van der Waals surface area contributed by atoms with Crippen LogP contribution in [0.4, 0.5) is 13.2 Å². The van der Waals surface area contributed by atoms with Crippen LogP contribution < -0.4 is 5.32 Å². The molecule has 1 aromatic carbocycles. The fraction of sp³-hybridized carbons (Fsp3) is 0.348. The van der Waals surface area contributed by atoms with Gasteiger partial charge < -0.3 is 20.6 Å². The minimum atomic E-state index is -5.08. The molecular formula is C23H20F3NO10S. The predicted octanol–water partition coefficient (Wildman–Crippen LogP) is 2.55. The molecule has 38 heavy (non-hydrogen) atoms. The monoisotopic (exact) mass is 559 g/mol. The van der Waals surface area contributed by atoms with Crippen molar-refractivity contribution in [2.45, 2.75) is 37.6 Å². The van der Waals surface area contributed by atoms with E-state index in [2.05, 4.69) is 10.2 Å².